The molecule has 4 aliphatic rings. The van der Waals surface area contributed by atoms with Gasteiger partial charge in [0.05, 0.1) is 5.41 Å². The van der Waals surface area contributed by atoms with E-state index in [4.69, 9.17) is 5.11 Å². The molecular formula is C14H20N2O4. The molecule has 20 heavy (non-hydrogen) atoms. The van der Waals surface area contributed by atoms with Gasteiger partial charge in [-0.3, -0.25) is 4.79 Å². The minimum atomic E-state index is -0.713. The molecule has 0 aromatic carbocycles. The van der Waals surface area contributed by atoms with E-state index in [2.05, 4.69) is 5.32 Å². The number of aliphatic carboxylic acids is 1. The highest BCUT2D eigenvalue weighted by Crippen LogP contribution is 2.67. The zero-order chi connectivity index (χ0) is 14.1. The molecule has 0 radical (unpaired) electrons. The molecule has 2 saturated heterocycles. The zero-order valence-corrected chi connectivity index (χ0v) is 11.3. The van der Waals surface area contributed by atoms with E-state index in [1.165, 1.54) is 0 Å². The van der Waals surface area contributed by atoms with E-state index < -0.39 is 11.4 Å². The molecule has 0 unspecified atom stereocenters. The molecule has 0 aromatic rings. The van der Waals surface area contributed by atoms with E-state index in [0.717, 1.165) is 19.3 Å². The molecule has 0 aromatic heterocycles. The Morgan fingerprint density at radius 2 is 2.10 bits per heavy atom. The van der Waals surface area contributed by atoms with Gasteiger partial charge < -0.3 is 20.4 Å². The lowest BCUT2D eigenvalue weighted by Gasteiger charge is -2.34. The number of aliphatic hydroxyl groups is 1. The molecule has 2 amide bonds. The predicted molar refractivity (Wildman–Crippen MR) is 69.0 cm³/mol. The lowest BCUT2D eigenvalue weighted by Crippen LogP contribution is -2.53. The summed E-state index contributed by atoms with van der Waals surface area (Å²) < 4.78 is 0. The Morgan fingerprint density at radius 3 is 2.65 bits per heavy atom. The van der Waals surface area contributed by atoms with Crippen LogP contribution in [0.1, 0.15) is 32.1 Å². The highest BCUT2D eigenvalue weighted by atomic mass is 16.4. The molecule has 4 rings (SSSR count). The highest BCUT2D eigenvalue weighted by molar-refractivity contribution is 5.83. The molecule has 3 N–H and O–H groups in total. The molecular weight excluding hydrogens is 260 g/mol. The number of amides is 2. The van der Waals surface area contributed by atoms with Gasteiger partial charge in [-0.25, -0.2) is 4.79 Å². The summed E-state index contributed by atoms with van der Waals surface area (Å²) in [6.45, 7) is 0.152. The summed E-state index contributed by atoms with van der Waals surface area (Å²) in [5.74, 6) is -0.354. The smallest absolute Gasteiger partial charge is 0.318 e. The minimum Gasteiger partial charge on any atom is -0.481 e. The summed E-state index contributed by atoms with van der Waals surface area (Å²) in [7, 11) is 0. The first-order valence-electron chi connectivity index (χ1n) is 7.50. The lowest BCUT2D eigenvalue weighted by atomic mass is 9.80. The summed E-state index contributed by atoms with van der Waals surface area (Å²) >= 11 is 0. The van der Waals surface area contributed by atoms with Gasteiger partial charge in [0.25, 0.3) is 0 Å². The van der Waals surface area contributed by atoms with E-state index in [0.29, 0.717) is 12.8 Å². The first-order valence-corrected chi connectivity index (χ1v) is 7.50. The molecule has 6 nitrogen and oxygen atoms in total. The summed E-state index contributed by atoms with van der Waals surface area (Å²) in [5, 5.41) is 21.5. The molecule has 2 aliphatic carbocycles. The predicted octanol–water partition coefficient (Wildman–Crippen LogP) is 0.404. The van der Waals surface area contributed by atoms with Crippen LogP contribution in [0.4, 0.5) is 4.79 Å². The number of aliphatic hydroxyl groups excluding tert-OH is 1. The van der Waals surface area contributed by atoms with Crippen molar-refractivity contribution in [1.82, 2.24) is 10.2 Å². The van der Waals surface area contributed by atoms with Crippen LogP contribution in [-0.4, -0.2) is 51.8 Å². The van der Waals surface area contributed by atoms with Crippen molar-refractivity contribution >= 4 is 12.0 Å². The third kappa shape index (κ3) is 1.43. The Labute approximate surface area is 117 Å². The number of urea groups is 1. The van der Waals surface area contributed by atoms with Gasteiger partial charge >= 0.3 is 12.0 Å². The molecule has 6 atom stereocenters. The van der Waals surface area contributed by atoms with Crippen molar-refractivity contribution in [2.24, 2.45) is 17.3 Å². The van der Waals surface area contributed by atoms with Crippen molar-refractivity contribution < 1.29 is 19.8 Å². The topological polar surface area (TPSA) is 89.9 Å². The normalized spacial score (nSPS) is 47.6. The third-order valence-corrected chi connectivity index (χ3v) is 6.07. The number of nitrogens with one attached hydrogen (secondary N) is 1. The third-order valence-electron chi connectivity index (χ3n) is 6.07. The summed E-state index contributed by atoms with van der Waals surface area (Å²) in [6.07, 6.45) is 4.20. The van der Waals surface area contributed by atoms with Crippen LogP contribution in [0.15, 0.2) is 0 Å². The highest BCUT2D eigenvalue weighted by Gasteiger charge is 2.72. The Bertz CT molecular complexity index is 482. The maximum Gasteiger partial charge on any atom is 0.318 e. The Kier molecular flexibility index (Phi) is 2.41. The van der Waals surface area contributed by atoms with Crippen LogP contribution in [0.3, 0.4) is 0 Å². The minimum absolute atomic E-state index is 0.0335. The first-order chi connectivity index (χ1) is 9.56. The fourth-order valence-electron chi connectivity index (χ4n) is 4.81. The van der Waals surface area contributed by atoms with Crippen LogP contribution in [0, 0.1) is 17.3 Å². The monoisotopic (exact) mass is 280 g/mol. The SMILES string of the molecule is O=C(N[C@@H]1C[C@]2(C(=O)O)C[C@H]12)N1[C@@H]2CC[C@H]1[C@H](CO)C2. The molecule has 2 aliphatic heterocycles. The van der Waals surface area contributed by atoms with Crippen molar-refractivity contribution in [3.8, 4) is 0 Å². The fraction of sp³-hybridized carbons (Fsp3) is 0.857. The quantitative estimate of drug-likeness (QED) is 0.698. The molecule has 2 heterocycles. The number of rotatable bonds is 3. The van der Waals surface area contributed by atoms with Gasteiger partial charge in [-0.05, 0) is 38.0 Å². The molecule has 2 bridgehead atoms. The van der Waals surface area contributed by atoms with E-state index in [1.54, 1.807) is 0 Å². The second-order valence-corrected chi connectivity index (χ2v) is 6.92. The lowest BCUT2D eigenvalue weighted by molar-refractivity contribution is -0.147. The van der Waals surface area contributed by atoms with Crippen molar-refractivity contribution in [2.75, 3.05) is 6.61 Å². The maximum absolute atomic E-state index is 12.4. The van der Waals surface area contributed by atoms with Crippen LogP contribution < -0.4 is 5.32 Å². The standard InChI is InChI=1S/C14H20N2O4/c17-6-7-3-8-1-2-11(7)16(8)13(20)15-10-5-14(12(18)19)4-9(10)14/h7-11,17H,1-6H2,(H,15,20)(H,18,19)/t7-,8+,9+,10+,11-,14+/m0/s1. The number of carbonyl (C=O) groups is 2. The van der Waals surface area contributed by atoms with E-state index in [9.17, 15) is 14.7 Å². The summed E-state index contributed by atoms with van der Waals surface area (Å²) in [5.41, 5.74) is -0.518. The number of carbonyl (C=O) groups excluding carboxylic acids is 1. The maximum atomic E-state index is 12.4. The number of nitrogens with zero attached hydrogens (tertiary/aromatic N) is 1. The average molecular weight is 280 g/mol. The van der Waals surface area contributed by atoms with Crippen molar-refractivity contribution in [3.05, 3.63) is 0 Å². The van der Waals surface area contributed by atoms with Gasteiger partial charge in [-0.1, -0.05) is 0 Å². The molecule has 110 valence electrons. The van der Waals surface area contributed by atoms with E-state index >= 15 is 0 Å². The van der Waals surface area contributed by atoms with Gasteiger partial charge in [0.2, 0.25) is 0 Å². The van der Waals surface area contributed by atoms with Crippen molar-refractivity contribution in [3.63, 3.8) is 0 Å². The number of carboxylic acids is 1. The van der Waals surface area contributed by atoms with E-state index in [-0.39, 0.29) is 42.6 Å². The largest absolute Gasteiger partial charge is 0.481 e. The fourth-order valence-corrected chi connectivity index (χ4v) is 4.81. The first kappa shape index (κ1) is 12.4. The van der Waals surface area contributed by atoms with E-state index in [1.807, 2.05) is 4.90 Å². The van der Waals surface area contributed by atoms with Crippen LogP contribution in [0.25, 0.3) is 0 Å². The van der Waals surface area contributed by atoms with Gasteiger partial charge in [0.15, 0.2) is 0 Å². The van der Waals surface area contributed by atoms with Crippen molar-refractivity contribution in [2.45, 2.75) is 50.2 Å². The van der Waals surface area contributed by atoms with Crippen LogP contribution >= 0.6 is 0 Å². The molecule has 6 heteroatoms. The Balaban J connectivity index is 1.38. The zero-order valence-electron chi connectivity index (χ0n) is 11.3. The van der Waals surface area contributed by atoms with Gasteiger partial charge in [0, 0.05) is 30.7 Å². The van der Waals surface area contributed by atoms with Gasteiger partial charge in [-0.15, -0.1) is 0 Å². The number of hydrogen-bond acceptors (Lipinski definition) is 3. The van der Waals surface area contributed by atoms with Crippen LogP contribution in [0.2, 0.25) is 0 Å². The Morgan fingerprint density at radius 1 is 1.30 bits per heavy atom. The number of hydrogen-bond donors (Lipinski definition) is 3. The second kappa shape index (κ2) is 3.87. The van der Waals surface area contributed by atoms with Crippen LogP contribution in [0.5, 0.6) is 0 Å². The second-order valence-electron chi connectivity index (χ2n) is 6.92. The summed E-state index contributed by atoms with van der Waals surface area (Å²) in [6, 6.07) is 0.421. The number of carboxylic acid groups (broad SMARTS) is 1. The number of fused-ring (bicyclic) bond motifs is 3. The molecule has 2 saturated carbocycles. The Hall–Kier alpha value is -1.30. The van der Waals surface area contributed by atoms with Gasteiger partial charge in [0.1, 0.15) is 0 Å². The van der Waals surface area contributed by atoms with Crippen molar-refractivity contribution in [1.29, 1.82) is 0 Å². The molecule has 4 fully saturated rings. The average Bonchev–Trinajstić information content (AvgIpc) is 2.74. The molecule has 0 spiro atoms. The van der Waals surface area contributed by atoms with Gasteiger partial charge in [-0.2, -0.15) is 0 Å². The summed E-state index contributed by atoms with van der Waals surface area (Å²) in [4.78, 5) is 25.4. The van der Waals surface area contributed by atoms with Crippen LogP contribution in [-0.2, 0) is 4.79 Å².